The molecule has 0 aromatic heterocycles. The lowest BCUT2D eigenvalue weighted by molar-refractivity contribution is -0.166. The normalized spacial score (nSPS) is 54.6. The molecule has 0 aromatic carbocycles. The largest absolute Gasteiger partial charge is 0.392 e. The molecule has 22 heavy (non-hydrogen) atoms. The summed E-state index contributed by atoms with van der Waals surface area (Å²) in [6.45, 7) is 4.39. The smallest absolute Gasteiger partial charge is 0.141 e. The van der Waals surface area contributed by atoms with E-state index in [1.807, 2.05) is 6.92 Å². The number of aliphatic hydroxyl groups excluding tert-OH is 1. The van der Waals surface area contributed by atoms with Gasteiger partial charge in [0, 0.05) is 19.3 Å². The van der Waals surface area contributed by atoms with Gasteiger partial charge in [0.1, 0.15) is 11.6 Å². The minimum absolute atomic E-state index is 0.199. The van der Waals surface area contributed by atoms with E-state index in [9.17, 15) is 14.7 Å². The molecule has 4 fully saturated rings. The van der Waals surface area contributed by atoms with Gasteiger partial charge in [0.05, 0.1) is 11.5 Å². The Kier molecular flexibility index (Phi) is 3.15. The number of rotatable bonds is 0. The standard InChI is InChI=1S/C19H28O3/c1-18-8-7-12(20)9-11(18)3-4-13-14-5-6-16(21)19(14,2)17(22)10-15(13)18/h11,13-15,17,22H,3-10H2,1-2H3/t11-,13+,14+,15+,17-,18+,19+/m1/s1. The van der Waals surface area contributed by atoms with E-state index < -0.39 is 11.5 Å². The highest BCUT2D eigenvalue weighted by Crippen LogP contribution is 2.65. The summed E-state index contributed by atoms with van der Waals surface area (Å²) in [4.78, 5) is 24.3. The molecule has 3 nitrogen and oxygen atoms in total. The van der Waals surface area contributed by atoms with Crippen LogP contribution in [-0.4, -0.2) is 22.8 Å². The van der Waals surface area contributed by atoms with E-state index in [1.165, 1.54) is 0 Å². The molecule has 1 N–H and O–H groups in total. The average molecular weight is 304 g/mol. The molecule has 4 saturated carbocycles. The summed E-state index contributed by atoms with van der Waals surface area (Å²) in [6.07, 6.45) is 6.64. The van der Waals surface area contributed by atoms with Gasteiger partial charge in [-0.2, -0.15) is 0 Å². The molecule has 122 valence electrons. The van der Waals surface area contributed by atoms with Crippen LogP contribution in [0.1, 0.15) is 65.2 Å². The number of fused-ring (bicyclic) bond motifs is 5. The first-order valence-corrected chi connectivity index (χ1v) is 9.10. The third-order valence-electron chi connectivity index (χ3n) is 8.30. The van der Waals surface area contributed by atoms with Gasteiger partial charge in [-0.3, -0.25) is 9.59 Å². The molecule has 4 aliphatic carbocycles. The molecule has 3 heteroatoms. The van der Waals surface area contributed by atoms with E-state index in [1.54, 1.807) is 0 Å². The first-order valence-electron chi connectivity index (χ1n) is 9.10. The molecule has 0 spiro atoms. The van der Waals surface area contributed by atoms with Crippen molar-refractivity contribution in [1.29, 1.82) is 0 Å². The maximum absolute atomic E-state index is 12.4. The fourth-order valence-electron chi connectivity index (χ4n) is 6.79. The van der Waals surface area contributed by atoms with Crippen molar-refractivity contribution in [3.05, 3.63) is 0 Å². The molecular formula is C19H28O3. The molecule has 0 unspecified atom stereocenters. The Bertz CT molecular complexity index is 527. The fraction of sp³-hybridized carbons (Fsp3) is 0.895. The van der Waals surface area contributed by atoms with E-state index in [0.717, 1.165) is 38.5 Å². The molecule has 0 amide bonds. The van der Waals surface area contributed by atoms with Crippen molar-refractivity contribution in [3.8, 4) is 0 Å². The van der Waals surface area contributed by atoms with Gasteiger partial charge in [-0.1, -0.05) is 6.92 Å². The zero-order chi connectivity index (χ0) is 15.7. The number of carbonyl (C=O) groups excluding carboxylic acids is 2. The third kappa shape index (κ3) is 1.72. The molecule has 0 aromatic rings. The highest BCUT2D eigenvalue weighted by molar-refractivity contribution is 5.88. The maximum Gasteiger partial charge on any atom is 0.141 e. The Balaban J connectivity index is 1.69. The highest BCUT2D eigenvalue weighted by Gasteiger charge is 2.63. The molecule has 4 aliphatic rings. The van der Waals surface area contributed by atoms with Crippen molar-refractivity contribution in [1.82, 2.24) is 0 Å². The van der Waals surface area contributed by atoms with Crippen LogP contribution in [0, 0.1) is 34.5 Å². The average Bonchev–Trinajstić information content (AvgIpc) is 2.79. The maximum atomic E-state index is 12.4. The fourth-order valence-corrected chi connectivity index (χ4v) is 6.79. The number of Topliss-reactive ketones (excluding diaryl/α,β-unsaturated/α-hetero) is 2. The second-order valence-corrected chi connectivity index (χ2v) is 8.90. The highest BCUT2D eigenvalue weighted by atomic mass is 16.3. The van der Waals surface area contributed by atoms with Gasteiger partial charge in [-0.25, -0.2) is 0 Å². The summed E-state index contributed by atoms with van der Waals surface area (Å²) in [6, 6.07) is 0. The van der Waals surface area contributed by atoms with E-state index in [4.69, 9.17) is 0 Å². The van der Waals surface area contributed by atoms with E-state index in [-0.39, 0.29) is 11.2 Å². The van der Waals surface area contributed by atoms with Gasteiger partial charge < -0.3 is 5.11 Å². The van der Waals surface area contributed by atoms with E-state index >= 15 is 0 Å². The molecule has 4 rings (SSSR count). The SMILES string of the molecule is C[C@]12CCC(=O)C[C@H]1CC[C@@H]1[C@@H]2C[C@@H](O)[C@]2(C)C(=O)CC[C@@H]12. The van der Waals surface area contributed by atoms with Crippen molar-refractivity contribution in [2.24, 2.45) is 34.5 Å². The van der Waals surface area contributed by atoms with Crippen LogP contribution >= 0.6 is 0 Å². The van der Waals surface area contributed by atoms with Crippen molar-refractivity contribution in [2.45, 2.75) is 71.3 Å². The lowest BCUT2D eigenvalue weighted by Crippen LogP contribution is -2.58. The first-order chi connectivity index (χ1) is 10.4. The summed E-state index contributed by atoms with van der Waals surface area (Å²) in [5, 5.41) is 10.8. The Hall–Kier alpha value is -0.700. The van der Waals surface area contributed by atoms with E-state index in [2.05, 4.69) is 6.92 Å². The first kappa shape index (κ1) is 14.9. The lowest BCUT2D eigenvalue weighted by atomic mass is 9.44. The second-order valence-electron chi connectivity index (χ2n) is 8.90. The zero-order valence-electron chi connectivity index (χ0n) is 13.8. The second kappa shape index (κ2) is 4.66. The monoisotopic (exact) mass is 304 g/mol. The van der Waals surface area contributed by atoms with Crippen LogP contribution in [0.5, 0.6) is 0 Å². The Morgan fingerprint density at radius 1 is 1.05 bits per heavy atom. The van der Waals surface area contributed by atoms with Gasteiger partial charge in [0.2, 0.25) is 0 Å². The number of carbonyl (C=O) groups is 2. The Labute approximate surface area is 132 Å². The summed E-state index contributed by atoms with van der Waals surface area (Å²) in [5.41, 5.74) is -0.292. The number of ketones is 2. The Morgan fingerprint density at radius 2 is 1.82 bits per heavy atom. The van der Waals surface area contributed by atoms with Crippen LogP contribution in [0.3, 0.4) is 0 Å². The third-order valence-corrected chi connectivity index (χ3v) is 8.30. The van der Waals surface area contributed by atoms with Crippen LogP contribution < -0.4 is 0 Å². The van der Waals surface area contributed by atoms with E-state index in [0.29, 0.717) is 42.3 Å². The van der Waals surface area contributed by atoms with Crippen molar-refractivity contribution >= 4 is 11.6 Å². The molecule has 0 heterocycles. The molecule has 7 atom stereocenters. The number of hydrogen-bond acceptors (Lipinski definition) is 3. The van der Waals surface area contributed by atoms with Crippen LogP contribution in [-0.2, 0) is 9.59 Å². The predicted octanol–water partition coefficient (Wildman–Crippen LogP) is 3.14. The minimum Gasteiger partial charge on any atom is -0.392 e. The Morgan fingerprint density at radius 3 is 2.59 bits per heavy atom. The summed E-state index contributed by atoms with van der Waals surface area (Å²) in [7, 11) is 0. The van der Waals surface area contributed by atoms with Gasteiger partial charge in [0.25, 0.3) is 0 Å². The summed E-state index contributed by atoms with van der Waals surface area (Å²) >= 11 is 0. The van der Waals surface area contributed by atoms with Crippen molar-refractivity contribution in [2.75, 3.05) is 0 Å². The topological polar surface area (TPSA) is 54.4 Å². The number of hydrogen-bond donors (Lipinski definition) is 1. The predicted molar refractivity (Wildman–Crippen MR) is 83.1 cm³/mol. The molecule has 0 saturated heterocycles. The van der Waals surface area contributed by atoms with Gasteiger partial charge in [0.15, 0.2) is 0 Å². The van der Waals surface area contributed by atoms with Crippen LogP contribution in [0.4, 0.5) is 0 Å². The van der Waals surface area contributed by atoms with Crippen LogP contribution in [0.2, 0.25) is 0 Å². The lowest BCUT2D eigenvalue weighted by Gasteiger charge is -2.60. The summed E-state index contributed by atoms with van der Waals surface area (Å²) in [5.74, 6) is 2.66. The summed E-state index contributed by atoms with van der Waals surface area (Å²) < 4.78 is 0. The van der Waals surface area contributed by atoms with Gasteiger partial charge in [-0.15, -0.1) is 0 Å². The van der Waals surface area contributed by atoms with Crippen molar-refractivity contribution < 1.29 is 14.7 Å². The van der Waals surface area contributed by atoms with Crippen molar-refractivity contribution in [3.63, 3.8) is 0 Å². The quantitative estimate of drug-likeness (QED) is 0.748. The van der Waals surface area contributed by atoms with Gasteiger partial charge in [-0.05, 0) is 68.1 Å². The molecule has 0 aliphatic heterocycles. The molecule has 0 radical (unpaired) electrons. The molecule has 0 bridgehead atoms. The number of aliphatic hydroxyl groups is 1. The molecular weight excluding hydrogens is 276 g/mol. The van der Waals surface area contributed by atoms with Crippen LogP contribution in [0.25, 0.3) is 0 Å². The zero-order valence-corrected chi connectivity index (χ0v) is 13.8. The van der Waals surface area contributed by atoms with Gasteiger partial charge >= 0.3 is 0 Å². The van der Waals surface area contributed by atoms with Crippen LogP contribution in [0.15, 0.2) is 0 Å². The minimum atomic E-state index is -0.491.